The van der Waals surface area contributed by atoms with Gasteiger partial charge in [0.05, 0.1) is 0 Å². The summed E-state index contributed by atoms with van der Waals surface area (Å²) < 4.78 is 0. The maximum absolute atomic E-state index is 9.40. The lowest BCUT2D eigenvalue weighted by Gasteiger charge is -2.27. The van der Waals surface area contributed by atoms with E-state index in [0.29, 0.717) is 12.5 Å². The third-order valence-corrected chi connectivity index (χ3v) is 9.99. The predicted octanol–water partition coefficient (Wildman–Crippen LogP) is 12.5. The van der Waals surface area contributed by atoms with Crippen LogP contribution in [0.3, 0.4) is 0 Å². The topological polar surface area (TPSA) is 20.2 Å². The van der Waals surface area contributed by atoms with Gasteiger partial charge in [-0.2, -0.15) is 0 Å². The molecule has 230 valence electrons. The molecule has 0 aliphatic carbocycles. The van der Waals surface area contributed by atoms with Gasteiger partial charge in [-0.3, -0.25) is 0 Å². The van der Waals surface area contributed by atoms with E-state index < -0.39 is 0 Å². The Morgan fingerprint density at radius 2 is 1.00 bits per heavy atom. The highest BCUT2D eigenvalue weighted by atomic mass is 16.3. The Morgan fingerprint density at radius 1 is 0.474 bits per heavy atom. The van der Waals surface area contributed by atoms with Crippen molar-refractivity contribution in [2.24, 2.45) is 47.3 Å². The maximum Gasteiger partial charge on any atom is 0.0456 e. The molecule has 0 aromatic rings. The summed E-state index contributed by atoms with van der Waals surface area (Å²) in [5, 5.41) is 9.40. The van der Waals surface area contributed by atoms with Crippen molar-refractivity contribution in [2.75, 3.05) is 6.61 Å². The molecule has 0 aliphatic rings. The molecule has 0 heterocycles. The minimum absolute atomic E-state index is 0.343. The van der Waals surface area contributed by atoms with Gasteiger partial charge in [-0.1, -0.05) is 165 Å². The number of rotatable bonds is 27. The van der Waals surface area contributed by atoms with Gasteiger partial charge in [0.25, 0.3) is 0 Å². The van der Waals surface area contributed by atoms with Crippen molar-refractivity contribution in [1.29, 1.82) is 0 Å². The van der Waals surface area contributed by atoms with Gasteiger partial charge in [0, 0.05) is 6.61 Å². The smallest absolute Gasteiger partial charge is 0.0456 e. The van der Waals surface area contributed by atoms with E-state index >= 15 is 0 Å². The molecule has 0 aliphatic heterocycles. The summed E-state index contributed by atoms with van der Waals surface area (Å²) in [7, 11) is 0. The van der Waals surface area contributed by atoms with Gasteiger partial charge in [0.15, 0.2) is 0 Å². The predicted molar refractivity (Wildman–Crippen MR) is 174 cm³/mol. The maximum atomic E-state index is 9.40. The first-order valence-corrected chi connectivity index (χ1v) is 17.8. The van der Waals surface area contributed by atoms with Crippen LogP contribution in [0.25, 0.3) is 0 Å². The van der Waals surface area contributed by atoms with Crippen molar-refractivity contribution in [3.05, 3.63) is 0 Å². The number of aliphatic hydroxyl groups excluding tert-OH is 1. The molecule has 0 saturated heterocycles. The van der Waals surface area contributed by atoms with E-state index in [-0.39, 0.29) is 0 Å². The summed E-state index contributed by atoms with van der Waals surface area (Å²) in [5.41, 5.74) is 0. The van der Waals surface area contributed by atoms with E-state index in [9.17, 15) is 5.11 Å². The first kappa shape index (κ1) is 38.0. The monoisotopic (exact) mass is 537 g/mol. The molecule has 0 aromatic carbocycles. The van der Waals surface area contributed by atoms with E-state index in [1.54, 1.807) is 0 Å². The number of hydrogen-bond donors (Lipinski definition) is 1. The molecular weight excluding hydrogens is 460 g/mol. The van der Waals surface area contributed by atoms with Gasteiger partial charge in [0.1, 0.15) is 0 Å². The van der Waals surface area contributed by atoms with Crippen molar-refractivity contribution >= 4 is 0 Å². The van der Waals surface area contributed by atoms with Gasteiger partial charge < -0.3 is 5.11 Å². The van der Waals surface area contributed by atoms with E-state index in [1.807, 2.05) is 0 Å². The van der Waals surface area contributed by atoms with Crippen LogP contribution in [0.4, 0.5) is 0 Å². The molecule has 1 N–H and O–H groups in total. The highest BCUT2D eigenvalue weighted by Crippen LogP contribution is 2.34. The Morgan fingerprint density at radius 3 is 1.55 bits per heavy atom. The van der Waals surface area contributed by atoms with Gasteiger partial charge in [0.2, 0.25) is 0 Å². The zero-order valence-corrected chi connectivity index (χ0v) is 28.2. The Balaban J connectivity index is 4.85. The second kappa shape index (κ2) is 24.7. The van der Waals surface area contributed by atoms with Crippen LogP contribution in [0.15, 0.2) is 0 Å². The van der Waals surface area contributed by atoms with Crippen molar-refractivity contribution < 1.29 is 5.11 Å². The molecule has 38 heavy (non-hydrogen) atoms. The quantitative estimate of drug-likeness (QED) is 0.111. The summed E-state index contributed by atoms with van der Waals surface area (Å²) >= 11 is 0. The average Bonchev–Trinajstić information content (AvgIpc) is 2.89. The summed E-state index contributed by atoms with van der Waals surface area (Å²) in [6.07, 6.45) is 26.7. The molecule has 0 bridgehead atoms. The van der Waals surface area contributed by atoms with Crippen molar-refractivity contribution in [3.63, 3.8) is 0 Å². The van der Waals surface area contributed by atoms with Gasteiger partial charge in [-0.15, -0.1) is 0 Å². The highest BCUT2D eigenvalue weighted by Gasteiger charge is 2.20. The highest BCUT2D eigenvalue weighted by molar-refractivity contribution is 4.73. The van der Waals surface area contributed by atoms with E-state index in [4.69, 9.17) is 0 Å². The molecule has 7 unspecified atom stereocenters. The fourth-order valence-electron chi connectivity index (χ4n) is 7.17. The zero-order chi connectivity index (χ0) is 28.8. The molecule has 0 aromatic heterocycles. The molecule has 0 saturated carbocycles. The average molecular weight is 537 g/mol. The largest absolute Gasteiger partial charge is 0.396 e. The van der Waals surface area contributed by atoms with Crippen LogP contribution < -0.4 is 0 Å². The fourth-order valence-corrected chi connectivity index (χ4v) is 7.17. The molecule has 0 fully saturated rings. The molecule has 0 spiro atoms. The van der Waals surface area contributed by atoms with Crippen LogP contribution in [-0.4, -0.2) is 11.7 Å². The third kappa shape index (κ3) is 19.9. The SMILES string of the molecule is CCCCC(CCC(CCCC(C)CC(C)CO)CC(C)C)CC(CC)CCCC(CCCC)C(C)CC. The first-order valence-electron chi connectivity index (χ1n) is 17.8. The minimum atomic E-state index is 0.343. The lowest BCUT2D eigenvalue weighted by Crippen LogP contribution is -2.14. The van der Waals surface area contributed by atoms with Gasteiger partial charge >= 0.3 is 0 Å². The first-order chi connectivity index (χ1) is 18.2. The molecule has 7 atom stereocenters. The van der Waals surface area contributed by atoms with Crippen LogP contribution in [0, 0.1) is 47.3 Å². The molecule has 1 heteroatoms. The Labute approximate surface area is 243 Å². The summed E-state index contributed by atoms with van der Waals surface area (Å²) in [6, 6.07) is 0. The van der Waals surface area contributed by atoms with Crippen LogP contribution in [0.5, 0.6) is 0 Å². The summed E-state index contributed by atoms with van der Waals surface area (Å²) in [6.45, 7) is 21.9. The number of unbranched alkanes of at least 4 members (excludes halogenated alkanes) is 2. The van der Waals surface area contributed by atoms with Gasteiger partial charge in [-0.25, -0.2) is 0 Å². The number of aliphatic hydroxyl groups is 1. The standard InChI is InChI=1S/C37H76O/c1-10-14-19-36(28-34(13-4)20-17-23-37(22-15-11-2)33(9)12-3)25-24-35(26-30(5)6)21-16-18-31(7)27-32(8)29-38/h30-38H,10-29H2,1-9H3. The van der Waals surface area contributed by atoms with Crippen molar-refractivity contribution in [1.82, 2.24) is 0 Å². The Hall–Kier alpha value is -0.0400. The van der Waals surface area contributed by atoms with Gasteiger partial charge in [-0.05, 0) is 66.6 Å². The van der Waals surface area contributed by atoms with E-state index in [2.05, 4.69) is 62.3 Å². The molecule has 0 amide bonds. The summed E-state index contributed by atoms with van der Waals surface area (Å²) in [5.74, 6) is 6.69. The van der Waals surface area contributed by atoms with Crippen molar-refractivity contribution in [2.45, 2.75) is 184 Å². The van der Waals surface area contributed by atoms with Crippen LogP contribution in [0.2, 0.25) is 0 Å². The normalized spacial score (nSPS) is 17.8. The van der Waals surface area contributed by atoms with Crippen LogP contribution in [-0.2, 0) is 0 Å². The summed E-state index contributed by atoms with van der Waals surface area (Å²) in [4.78, 5) is 0. The van der Waals surface area contributed by atoms with Crippen LogP contribution in [0.1, 0.15) is 184 Å². The Kier molecular flexibility index (Phi) is 24.7. The molecule has 0 rings (SSSR count). The second-order valence-electron chi connectivity index (χ2n) is 14.4. The van der Waals surface area contributed by atoms with Crippen LogP contribution >= 0.6 is 0 Å². The van der Waals surface area contributed by atoms with Crippen molar-refractivity contribution in [3.8, 4) is 0 Å². The zero-order valence-electron chi connectivity index (χ0n) is 28.2. The number of hydrogen-bond acceptors (Lipinski definition) is 1. The van der Waals surface area contributed by atoms with E-state index in [1.165, 1.54) is 122 Å². The minimum Gasteiger partial charge on any atom is -0.396 e. The van der Waals surface area contributed by atoms with E-state index in [0.717, 1.165) is 41.4 Å². The third-order valence-electron chi connectivity index (χ3n) is 9.99. The fraction of sp³-hybridized carbons (Fsp3) is 1.00. The second-order valence-corrected chi connectivity index (χ2v) is 14.4. The Bertz CT molecular complexity index is 485. The molecular formula is C37H76O. The molecule has 0 radical (unpaired) electrons. The molecule has 1 nitrogen and oxygen atoms in total. The lowest BCUT2D eigenvalue weighted by molar-refractivity contribution is 0.210. The lowest BCUT2D eigenvalue weighted by atomic mass is 9.79.